The lowest BCUT2D eigenvalue weighted by molar-refractivity contribution is -0.317. The molecule has 2 aliphatic carbocycles. The first-order valence-electron chi connectivity index (χ1n) is 9.91. The van der Waals surface area contributed by atoms with E-state index in [9.17, 15) is 25.2 Å². The van der Waals surface area contributed by atoms with Crippen molar-refractivity contribution in [1.82, 2.24) is 0 Å². The van der Waals surface area contributed by atoms with Gasteiger partial charge in [-0.15, -0.1) is 0 Å². The third-order valence-electron chi connectivity index (χ3n) is 6.98. The Bertz CT molecular complexity index is 771. The summed E-state index contributed by atoms with van der Waals surface area (Å²) in [5.74, 6) is -0.282. The average Bonchev–Trinajstić information content (AvgIpc) is 2.95. The van der Waals surface area contributed by atoms with Gasteiger partial charge in [-0.2, -0.15) is 0 Å². The summed E-state index contributed by atoms with van der Waals surface area (Å²) in [6.07, 6.45) is -2.65. The number of ether oxygens (including phenoxy) is 3. The van der Waals surface area contributed by atoms with Crippen molar-refractivity contribution in [2.45, 2.75) is 69.6 Å². The Labute approximate surface area is 169 Å². The molecule has 2 heterocycles. The summed E-state index contributed by atoms with van der Waals surface area (Å²) >= 11 is 0. The maximum Gasteiger partial charge on any atom is 0.334 e. The number of rotatable bonds is 3. The van der Waals surface area contributed by atoms with Crippen LogP contribution in [0.15, 0.2) is 35.5 Å². The van der Waals surface area contributed by atoms with Gasteiger partial charge < -0.3 is 34.6 Å². The Morgan fingerprint density at radius 1 is 1.28 bits per heavy atom. The second-order valence-electron chi connectivity index (χ2n) is 8.70. The van der Waals surface area contributed by atoms with E-state index < -0.39 is 48.8 Å². The monoisotopic (exact) mass is 408 g/mol. The van der Waals surface area contributed by atoms with Gasteiger partial charge in [-0.3, -0.25) is 0 Å². The summed E-state index contributed by atoms with van der Waals surface area (Å²) in [5.41, 5.74) is 2.11. The summed E-state index contributed by atoms with van der Waals surface area (Å²) in [7, 11) is 0. The highest BCUT2D eigenvalue weighted by atomic mass is 16.7. The summed E-state index contributed by atoms with van der Waals surface area (Å²) < 4.78 is 17.1. The molecule has 29 heavy (non-hydrogen) atoms. The predicted octanol–water partition coefficient (Wildman–Crippen LogP) is -0.0443. The lowest BCUT2D eigenvalue weighted by Gasteiger charge is -2.51. The van der Waals surface area contributed by atoms with E-state index in [4.69, 9.17) is 14.2 Å². The maximum absolute atomic E-state index is 12.0. The van der Waals surface area contributed by atoms with Crippen molar-refractivity contribution in [2.24, 2.45) is 11.3 Å². The van der Waals surface area contributed by atoms with Crippen molar-refractivity contribution >= 4 is 5.97 Å². The molecule has 0 aromatic carbocycles. The highest BCUT2D eigenvalue weighted by Crippen LogP contribution is 2.55. The zero-order valence-corrected chi connectivity index (χ0v) is 16.5. The van der Waals surface area contributed by atoms with Crippen molar-refractivity contribution in [3.8, 4) is 0 Å². The fourth-order valence-corrected chi connectivity index (χ4v) is 5.05. The van der Waals surface area contributed by atoms with Gasteiger partial charge in [0, 0.05) is 11.0 Å². The molecule has 1 saturated carbocycles. The third kappa shape index (κ3) is 3.19. The smallest absolute Gasteiger partial charge is 0.334 e. The van der Waals surface area contributed by atoms with Crippen molar-refractivity contribution in [3.05, 3.63) is 35.5 Å². The van der Waals surface area contributed by atoms with Crippen LogP contribution in [0.25, 0.3) is 0 Å². The van der Waals surface area contributed by atoms with E-state index in [1.165, 1.54) is 0 Å². The van der Waals surface area contributed by atoms with Crippen LogP contribution in [0.4, 0.5) is 0 Å². The molecule has 0 bridgehead atoms. The number of carbonyl (C=O) groups is 1. The number of hydrogen-bond acceptors (Lipinski definition) is 8. The molecule has 0 radical (unpaired) electrons. The standard InChI is InChI=1S/C21H28O8/c1-9-4-5-15(29-20-18(25)17(24)16(23)14(8-22)28-20)21(3)7-13-11(6-12(9)21)10(2)19(26)27-13/h4-5,12-18,20,22-25H,1,6-8H2,2-3H3/t12-,13-,14?,15-,16+,17-,18?,20-,21+/m0/s1. The van der Waals surface area contributed by atoms with Crippen LogP contribution in [0, 0.1) is 11.3 Å². The fraction of sp³-hybridized carbons (Fsp3) is 0.667. The van der Waals surface area contributed by atoms with E-state index in [-0.39, 0.29) is 18.0 Å². The van der Waals surface area contributed by atoms with Crippen LogP contribution in [-0.2, 0) is 19.0 Å². The van der Waals surface area contributed by atoms with E-state index in [0.717, 1.165) is 11.1 Å². The van der Waals surface area contributed by atoms with E-state index >= 15 is 0 Å². The van der Waals surface area contributed by atoms with Gasteiger partial charge in [0.1, 0.15) is 30.5 Å². The number of allylic oxidation sites excluding steroid dienone is 2. The molecule has 160 valence electrons. The average molecular weight is 408 g/mol. The second kappa shape index (κ2) is 7.30. The molecule has 0 aromatic rings. The molecular formula is C21H28O8. The van der Waals surface area contributed by atoms with E-state index in [1.54, 1.807) is 6.92 Å². The van der Waals surface area contributed by atoms with Crippen molar-refractivity contribution in [1.29, 1.82) is 0 Å². The van der Waals surface area contributed by atoms with Crippen LogP contribution >= 0.6 is 0 Å². The van der Waals surface area contributed by atoms with E-state index in [0.29, 0.717) is 18.4 Å². The fourth-order valence-electron chi connectivity index (χ4n) is 5.05. The van der Waals surface area contributed by atoms with Gasteiger partial charge in [0.25, 0.3) is 0 Å². The first-order chi connectivity index (χ1) is 13.7. The van der Waals surface area contributed by atoms with Gasteiger partial charge in [-0.1, -0.05) is 31.2 Å². The summed E-state index contributed by atoms with van der Waals surface area (Å²) in [4.78, 5) is 12.0. The molecule has 0 spiro atoms. The van der Waals surface area contributed by atoms with Crippen LogP contribution < -0.4 is 0 Å². The van der Waals surface area contributed by atoms with Crippen LogP contribution in [-0.4, -0.2) is 75.9 Å². The van der Waals surface area contributed by atoms with Crippen molar-refractivity contribution in [2.75, 3.05) is 6.61 Å². The van der Waals surface area contributed by atoms with Gasteiger partial charge in [-0.05, 0) is 31.3 Å². The molecule has 4 aliphatic rings. The van der Waals surface area contributed by atoms with E-state index in [1.807, 2.05) is 19.1 Å². The van der Waals surface area contributed by atoms with Gasteiger partial charge in [0.15, 0.2) is 6.29 Å². The largest absolute Gasteiger partial charge is 0.454 e. The zero-order chi connectivity index (χ0) is 21.1. The second-order valence-corrected chi connectivity index (χ2v) is 8.70. The molecule has 9 atom stereocenters. The summed E-state index contributed by atoms with van der Waals surface area (Å²) in [5, 5.41) is 39.8. The first kappa shape index (κ1) is 20.7. The minimum atomic E-state index is -1.50. The van der Waals surface area contributed by atoms with Gasteiger partial charge in [0.2, 0.25) is 0 Å². The number of aliphatic hydroxyl groups is 4. The molecule has 1 saturated heterocycles. The number of carbonyl (C=O) groups excluding carboxylic acids is 1. The topological polar surface area (TPSA) is 126 Å². The predicted molar refractivity (Wildman–Crippen MR) is 100 cm³/mol. The summed E-state index contributed by atoms with van der Waals surface area (Å²) in [6.45, 7) is 7.46. The quantitative estimate of drug-likeness (QED) is 0.479. The third-order valence-corrected chi connectivity index (χ3v) is 6.98. The normalized spacial score (nSPS) is 47.1. The maximum atomic E-state index is 12.0. The van der Waals surface area contributed by atoms with Crippen LogP contribution in [0.3, 0.4) is 0 Å². The Kier molecular flexibility index (Phi) is 5.21. The Balaban J connectivity index is 1.59. The highest BCUT2D eigenvalue weighted by Gasteiger charge is 2.54. The lowest BCUT2D eigenvalue weighted by atomic mass is 9.57. The Hall–Kier alpha value is -1.55. The number of aliphatic hydroxyl groups excluding tert-OH is 4. The molecule has 0 aromatic heterocycles. The number of esters is 1. The molecule has 4 N–H and O–H groups in total. The lowest BCUT2D eigenvalue weighted by Crippen LogP contribution is -2.61. The van der Waals surface area contributed by atoms with Crippen LogP contribution in [0.1, 0.15) is 26.7 Å². The molecule has 8 heteroatoms. The van der Waals surface area contributed by atoms with Gasteiger partial charge >= 0.3 is 5.97 Å². The molecule has 2 fully saturated rings. The Morgan fingerprint density at radius 3 is 2.69 bits per heavy atom. The van der Waals surface area contributed by atoms with Crippen LogP contribution in [0.5, 0.6) is 0 Å². The SMILES string of the molecule is C=C1C=C[C@H](O[C@@H]2OC(CO)[C@@H](O)[C@H](O)C2O)[C@]2(C)C[C@@H]3OC(=O)C(C)=C3C[C@@H]12. The van der Waals surface area contributed by atoms with Crippen molar-refractivity contribution < 1.29 is 39.4 Å². The molecule has 0 amide bonds. The Morgan fingerprint density at radius 2 is 2.00 bits per heavy atom. The summed E-state index contributed by atoms with van der Waals surface area (Å²) in [6, 6.07) is 0. The molecule has 2 unspecified atom stereocenters. The molecule has 2 aliphatic heterocycles. The molecule has 8 nitrogen and oxygen atoms in total. The minimum absolute atomic E-state index is 0.0121. The number of fused-ring (bicyclic) bond motifs is 2. The number of hydrogen-bond donors (Lipinski definition) is 4. The highest BCUT2D eigenvalue weighted by molar-refractivity contribution is 5.91. The van der Waals surface area contributed by atoms with Crippen molar-refractivity contribution in [3.63, 3.8) is 0 Å². The van der Waals surface area contributed by atoms with E-state index in [2.05, 4.69) is 6.58 Å². The van der Waals surface area contributed by atoms with Crippen LogP contribution in [0.2, 0.25) is 0 Å². The zero-order valence-electron chi connectivity index (χ0n) is 16.5. The minimum Gasteiger partial charge on any atom is -0.454 e. The molecular weight excluding hydrogens is 380 g/mol. The first-order valence-corrected chi connectivity index (χ1v) is 9.91. The molecule has 4 rings (SSSR count). The van der Waals surface area contributed by atoms with Gasteiger partial charge in [0.05, 0.1) is 12.7 Å². The van der Waals surface area contributed by atoms with Gasteiger partial charge in [-0.25, -0.2) is 4.79 Å².